The Labute approximate surface area is 135 Å². The van der Waals surface area contributed by atoms with Gasteiger partial charge in [-0.2, -0.15) is 0 Å². The summed E-state index contributed by atoms with van der Waals surface area (Å²) < 4.78 is 5.83. The lowest BCUT2D eigenvalue weighted by Crippen LogP contribution is -2.12. The van der Waals surface area contributed by atoms with Gasteiger partial charge in [0.25, 0.3) is 5.91 Å². The summed E-state index contributed by atoms with van der Waals surface area (Å²) in [4.78, 5) is 12.2. The Morgan fingerprint density at radius 3 is 2.60 bits per heavy atom. The molecule has 0 aliphatic carbocycles. The largest absolute Gasteiger partial charge is 0.497 e. The van der Waals surface area contributed by atoms with Crippen LogP contribution in [0.2, 0.25) is 10.0 Å². The molecule has 0 spiro atoms. The Bertz CT molecular complexity index is 641. The molecule has 1 N–H and O–H groups in total. The molecule has 2 aromatic carbocycles. The molecule has 3 nitrogen and oxygen atoms in total. The fourth-order valence-corrected chi connectivity index (χ4v) is 2.63. The summed E-state index contributed by atoms with van der Waals surface area (Å²) in [6, 6.07) is 9.99. The zero-order valence-electron chi connectivity index (χ0n) is 10.4. The molecule has 6 heteroatoms. The number of hydrogen-bond acceptors (Lipinski definition) is 2. The van der Waals surface area contributed by atoms with Crippen LogP contribution in [0.4, 0.5) is 5.69 Å². The third-order valence-corrected chi connectivity index (χ3v) is 3.55. The molecule has 0 aliphatic heterocycles. The van der Waals surface area contributed by atoms with Gasteiger partial charge in [-0.1, -0.05) is 39.1 Å². The number of hydrogen-bond donors (Lipinski definition) is 1. The van der Waals surface area contributed by atoms with Crippen LogP contribution in [0.15, 0.2) is 40.9 Å². The summed E-state index contributed by atoms with van der Waals surface area (Å²) in [6.45, 7) is 0. The molecular weight excluding hydrogens is 365 g/mol. The average Bonchev–Trinajstić information content (AvgIpc) is 2.40. The van der Waals surface area contributed by atoms with Crippen molar-refractivity contribution in [3.63, 3.8) is 0 Å². The van der Waals surface area contributed by atoms with Crippen LogP contribution in [0, 0.1) is 0 Å². The number of amides is 1. The maximum atomic E-state index is 12.2. The maximum absolute atomic E-state index is 12.2. The first-order valence-electron chi connectivity index (χ1n) is 5.60. The van der Waals surface area contributed by atoms with Gasteiger partial charge in [0.2, 0.25) is 0 Å². The molecule has 0 heterocycles. The van der Waals surface area contributed by atoms with E-state index < -0.39 is 0 Å². The van der Waals surface area contributed by atoms with Gasteiger partial charge in [-0.3, -0.25) is 4.79 Å². The van der Waals surface area contributed by atoms with Crippen molar-refractivity contribution in [3.8, 4) is 5.75 Å². The number of rotatable bonds is 3. The van der Waals surface area contributed by atoms with E-state index >= 15 is 0 Å². The standard InChI is InChI=1S/C14H10BrCl2NO2/c1-20-11-2-3-12(17)13(7-11)18-14(19)8-4-9(15)6-10(16)5-8/h2-7H,1H3,(H,18,19). The molecule has 0 saturated heterocycles. The topological polar surface area (TPSA) is 38.3 Å². The Morgan fingerprint density at radius 2 is 1.95 bits per heavy atom. The Balaban J connectivity index is 2.27. The number of nitrogens with one attached hydrogen (secondary N) is 1. The van der Waals surface area contributed by atoms with Crippen LogP contribution in [0.5, 0.6) is 5.75 Å². The van der Waals surface area contributed by atoms with Crippen molar-refractivity contribution in [1.82, 2.24) is 0 Å². The average molecular weight is 375 g/mol. The molecule has 2 aromatic rings. The highest BCUT2D eigenvalue weighted by atomic mass is 79.9. The van der Waals surface area contributed by atoms with Crippen molar-refractivity contribution >= 4 is 50.7 Å². The SMILES string of the molecule is COc1ccc(Cl)c(NC(=O)c2cc(Cl)cc(Br)c2)c1. The fraction of sp³-hybridized carbons (Fsp3) is 0.0714. The third kappa shape index (κ3) is 3.66. The Morgan fingerprint density at radius 1 is 1.20 bits per heavy atom. The lowest BCUT2D eigenvalue weighted by Gasteiger charge is -2.09. The van der Waals surface area contributed by atoms with Gasteiger partial charge in [0.05, 0.1) is 17.8 Å². The van der Waals surface area contributed by atoms with Crippen LogP contribution >= 0.6 is 39.1 Å². The summed E-state index contributed by atoms with van der Waals surface area (Å²) in [5.41, 5.74) is 0.912. The third-order valence-electron chi connectivity index (χ3n) is 2.55. The highest BCUT2D eigenvalue weighted by Gasteiger charge is 2.11. The van der Waals surface area contributed by atoms with E-state index in [-0.39, 0.29) is 5.91 Å². The molecule has 0 aromatic heterocycles. The van der Waals surface area contributed by atoms with E-state index in [2.05, 4.69) is 21.2 Å². The minimum absolute atomic E-state index is 0.302. The maximum Gasteiger partial charge on any atom is 0.255 e. The first-order valence-corrected chi connectivity index (χ1v) is 7.15. The second kappa shape index (κ2) is 6.48. The molecule has 0 aliphatic rings. The van der Waals surface area contributed by atoms with Crippen molar-refractivity contribution in [2.75, 3.05) is 12.4 Å². The summed E-state index contributed by atoms with van der Waals surface area (Å²) in [5.74, 6) is 0.306. The van der Waals surface area contributed by atoms with Gasteiger partial charge in [-0.05, 0) is 30.3 Å². The summed E-state index contributed by atoms with van der Waals surface area (Å²) in [7, 11) is 1.54. The zero-order chi connectivity index (χ0) is 14.7. The highest BCUT2D eigenvalue weighted by molar-refractivity contribution is 9.10. The molecule has 0 unspecified atom stereocenters. The number of carbonyl (C=O) groups is 1. The van der Waals surface area contributed by atoms with Crippen molar-refractivity contribution in [2.24, 2.45) is 0 Å². The van der Waals surface area contributed by atoms with Gasteiger partial charge >= 0.3 is 0 Å². The Hall–Kier alpha value is -1.23. The van der Waals surface area contributed by atoms with Gasteiger partial charge in [-0.15, -0.1) is 0 Å². The lowest BCUT2D eigenvalue weighted by atomic mass is 10.2. The molecule has 0 fully saturated rings. The number of anilines is 1. The predicted octanol–water partition coefficient (Wildman–Crippen LogP) is 5.02. The highest BCUT2D eigenvalue weighted by Crippen LogP contribution is 2.27. The van der Waals surface area contributed by atoms with Crippen LogP contribution in [0.3, 0.4) is 0 Å². The molecule has 0 radical (unpaired) electrons. The molecular formula is C14H10BrCl2NO2. The quantitative estimate of drug-likeness (QED) is 0.819. The van der Waals surface area contributed by atoms with E-state index in [0.717, 1.165) is 4.47 Å². The first kappa shape index (κ1) is 15.2. The molecule has 2 rings (SSSR count). The van der Waals surface area contributed by atoms with E-state index in [4.69, 9.17) is 27.9 Å². The minimum Gasteiger partial charge on any atom is -0.497 e. The Kier molecular flexibility index (Phi) is 4.91. The summed E-state index contributed by atoms with van der Waals surface area (Å²) in [5, 5.41) is 3.63. The van der Waals surface area contributed by atoms with Crippen LogP contribution in [-0.2, 0) is 0 Å². The number of benzene rings is 2. The van der Waals surface area contributed by atoms with E-state index in [9.17, 15) is 4.79 Å². The van der Waals surface area contributed by atoms with E-state index in [1.807, 2.05) is 0 Å². The van der Waals surface area contributed by atoms with Gasteiger partial charge in [0.1, 0.15) is 5.75 Å². The van der Waals surface area contributed by atoms with Crippen molar-refractivity contribution in [2.45, 2.75) is 0 Å². The number of methoxy groups -OCH3 is 1. The van der Waals surface area contributed by atoms with Gasteiger partial charge in [-0.25, -0.2) is 0 Å². The molecule has 1 amide bonds. The van der Waals surface area contributed by atoms with Crippen molar-refractivity contribution in [1.29, 1.82) is 0 Å². The smallest absolute Gasteiger partial charge is 0.255 e. The summed E-state index contributed by atoms with van der Waals surface area (Å²) in [6.07, 6.45) is 0. The second-order valence-electron chi connectivity index (χ2n) is 3.96. The monoisotopic (exact) mass is 373 g/mol. The predicted molar refractivity (Wildman–Crippen MR) is 85.1 cm³/mol. The van der Waals surface area contributed by atoms with Gasteiger partial charge < -0.3 is 10.1 Å². The van der Waals surface area contributed by atoms with Crippen LogP contribution < -0.4 is 10.1 Å². The summed E-state index contributed by atoms with van der Waals surface area (Å²) >= 11 is 15.3. The molecule has 0 saturated carbocycles. The number of ether oxygens (including phenoxy) is 1. The van der Waals surface area contributed by atoms with E-state index in [0.29, 0.717) is 27.0 Å². The first-order chi connectivity index (χ1) is 9.49. The minimum atomic E-state index is -0.302. The van der Waals surface area contributed by atoms with Crippen LogP contribution in [0.1, 0.15) is 10.4 Å². The van der Waals surface area contributed by atoms with Gasteiger partial charge in [0.15, 0.2) is 0 Å². The number of halogens is 3. The fourth-order valence-electron chi connectivity index (χ4n) is 1.61. The zero-order valence-corrected chi connectivity index (χ0v) is 13.5. The van der Waals surface area contributed by atoms with Gasteiger partial charge in [0, 0.05) is 21.1 Å². The molecule has 20 heavy (non-hydrogen) atoms. The number of carbonyl (C=O) groups excluding carboxylic acids is 1. The van der Waals surface area contributed by atoms with E-state index in [1.54, 1.807) is 43.5 Å². The lowest BCUT2D eigenvalue weighted by molar-refractivity contribution is 0.102. The molecule has 0 bridgehead atoms. The van der Waals surface area contributed by atoms with Crippen molar-refractivity contribution < 1.29 is 9.53 Å². The van der Waals surface area contributed by atoms with E-state index in [1.165, 1.54) is 0 Å². The van der Waals surface area contributed by atoms with Crippen LogP contribution in [0.25, 0.3) is 0 Å². The van der Waals surface area contributed by atoms with Crippen molar-refractivity contribution in [3.05, 3.63) is 56.5 Å². The second-order valence-corrected chi connectivity index (χ2v) is 5.72. The normalized spacial score (nSPS) is 10.2. The molecule has 0 atom stereocenters. The molecule has 104 valence electrons. The van der Waals surface area contributed by atoms with Crippen LogP contribution in [-0.4, -0.2) is 13.0 Å².